The molecule has 1 amide bonds. The van der Waals surface area contributed by atoms with Crippen LogP contribution < -0.4 is 5.32 Å². The van der Waals surface area contributed by atoms with Gasteiger partial charge in [0.15, 0.2) is 0 Å². The number of aryl methyl sites for hydroxylation is 2. The van der Waals surface area contributed by atoms with E-state index in [1.165, 1.54) is 27.8 Å². The summed E-state index contributed by atoms with van der Waals surface area (Å²) in [6, 6.07) is 8.05. The molecule has 0 aliphatic rings. The maximum absolute atomic E-state index is 12.8. The lowest BCUT2D eigenvalue weighted by molar-refractivity contribution is -0.115. The molecule has 0 saturated heterocycles. The lowest BCUT2D eigenvalue weighted by atomic mass is 9.97. The smallest absolute Gasteiger partial charge is 0.237 e. The highest BCUT2D eigenvalue weighted by atomic mass is 32.2. The molecule has 1 N–H and O–H groups in total. The molecule has 4 nitrogen and oxygen atoms in total. The summed E-state index contributed by atoms with van der Waals surface area (Å²) < 4.78 is 0. The van der Waals surface area contributed by atoms with Crippen LogP contribution in [0.15, 0.2) is 35.6 Å². The first-order valence-corrected chi connectivity index (χ1v) is 10.9. The number of fused-ring (bicyclic) bond motifs is 1. The van der Waals surface area contributed by atoms with Crippen LogP contribution >= 0.6 is 23.1 Å². The maximum Gasteiger partial charge on any atom is 0.237 e. The molecule has 0 fully saturated rings. The minimum atomic E-state index is -0.257. The Balaban J connectivity index is 1.80. The number of aromatic nitrogens is 2. The van der Waals surface area contributed by atoms with Gasteiger partial charge in [-0.15, -0.1) is 11.3 Å². The lowest BCUT2D eigenvalue weighted by Gasteiger charge is -2.17. The first-order chi connectivity index (χ1) is 12.9. The number of amides is 1. The molecule has 1 aromatic carbocycles. The fourth-order valence-electron chi connectivity index (χ4n) is 2.96. The number of rotatable bonds is 6. The molecule has 0 spiro atoms. The normalized spacial score (nSPS) is 13.5. The number of nitrogens with one attached hydrogen (secondary N) is 1. The standard InChI is InChI=1S/C21H25N3OS2/c1-6-12(2)16-9-7-8-10-17(16)24-19(25)15(5)27-21-18-13(3)14(4)26-20(18)22-11-23-21/h7-12,15H,6H2,1-5H3,(H,24,25)/t12-,15+/m0/s1. The third-order valence-electron chi connectivity index (χ3n) is 4.95. The van der Waals surface area contributed by atoms with Gasteiger partial charge in [-0.2, -0.15) is 0 Å². The van der Waals surface area contributed by atoms with E-state index < -0.39 is 0 Å². The van der Waals surface area contributed by atoms with Crippen LogP contribution in [0.5, 0.6) is 0 Å². The van der Waals surface area contributed by atoms with Crippen molar-refractivity contribution in [1.82, 2.24) is 9.97 Å². The Bertz CT molecular complexity index is 967. The number of hydrogen-bond donors (Lipinski definition) is 1. The highest BCUT2D eigenvalue weighted by Crippen LogP contribution is 2.36. The van der Waals surface area contributed by atoms with Crippen molar-refractivity contribution in [3.05, 3.63) is 46.6 Å². The average molecular weight is 400 g/mol. The van der Waals surface area contributed by atoms with Crippen molar-refractivity contribution in [1.29, 1.82) is 0 Å². The van der Waals surface area contributed by atoms with E-state index in [1.54, 1.807) is 17.7 Å². The minimum Gasteiger partial charge on any atom is -0.325 e. The molecule has 6 heteroatoms. The summed E-state index contributed by atoms with van der Waals surface area (Å²) in [5.41, 5.74) is 3.28. The van der Waals surface area contributed by atoms with E-state index >= 15 is 0 Å². The molecule has 0 aliphatic carbocycles. The molecule has 3 rings (SSSR count). The highest BCUT2D eigenvalue weighted by molar-refractivity contribution is 8.00. The number of hydrogen-bond acceptors (Lipinski definition) is 5. The Hall–Kier alpha value is -1.92. The van der Waals surface area contributed by atoms with Crippen LogP contribution in [0.4, 0.5) is 5.69 Å². The number of carbonyl (C=O) groups excluding carboxylic acids is 1. The first kappa shape index (κ1) is 19.8. The third kappa shape index (κ3) is 4.17. The quantitative estimate of drug-likeness (QED) is 0.411. The number of carbonyl (C=O) groups is 1. The third-order valence-corrected chi connectivity index (χ3v) is 7.17. The molecule has 142 valence electrons. The number of nitrogens with zero attached hydrogens (tertiary/aromatic N) is 2. The van der Waals surface area contributed by atoms with Crippen molar-refractivity contribution in [3.8, 4) is 0 Å². The number of thiophene rings is 1. The fraction of sp³-hybridized carbons (Fsp3) is 0.381. The summed E-state index contributed by atoms with van der Waals surface area (Å²) in [5.74, 6) is 0.398. The van der Waals surface area contributed by atoms with E-state index in [9.17, 15) is 4.79 Å². The lowest BCUT2D eigenvalue weighted by Crippen LogP contribution is -2.23. The van der Waals surface area contributed by atoms with Crippen LogP contribution in [0.2, 0.25) is 0 Å². The predicted octanol–water partition coefficient (Wildman–Crippen LogP) is 5.94. The van der Waals surface area contributed by atoms with Crippen LogP contribution in [0.25, 0.3) is 10.2 Å². The Kier molecular flexibility index (Phi) is 6.17. The summed E-state index contributed by atoms with van der Waals surface area (Å²) >= 11 is 3.17. The zero-order valence-corrected chi connectivity index (χ0v) is 18.0. The number of benzene rings is 1. The average Bonchev–Trinajstić information content (AvgIpc) is 2.96. The van der Waals surface area contributed by atoms with Crippen LogP contribution in [0.3, 0.4) is 0 Å². The second kappa shape index (κ2) is 8.40. The van der Waals surface area contributed by atoms with Gasteiger partial charge in [0.2, 0.25) is 5.91 Å². The molecule has 0 bridgehead atoms. The molecular weight excluding hydrogens is 374 g/mol. The van der Waals surface area contributed by atoms with Gasteiger partial charge in [-0.1, -0.05) is 43.8 Å². The molecule has 0 aliphatic heterocycles. The summed E-state index contributed by atoms with van der Waals surface area (Å²) in [5, 5.41) is 4.80. The Morgan fingerprint density at radius 3 is 2.70 bits per heavy atom. The van der Waals surface area contributed by atoms with Gasteiger partial charge in [0.25, 0.3) is 0 Å². The summed E-state index contributed by atoms with van der Waals surface area (Å²) in [4.78, 5) is 23.9. The number of para-hydroxylation sites is 1. The largest absolute Gasteiger partial charge is 0.325 e. The van der Waals surface area contributed by atoms with E-state index in [0.29, 0.717) is 5.92 Å². The molecule has 0 radical (unpaired) electrons. The molecule has 0 saturated carbocycles. The second-order valence-electron chi connectivity index (χ2n) is 6.79. The van der Waals surface area contributed by atoms with Gasteiger partial charge in [0, 0.05) is 16.0 Å². The Morgan fingerprint density at radius 1 is 1.22 bits per heavy atom. The molecular formula is C21H25N3OS2. The van der Waals surface area contributed by atoms with Gasteiger partial charge in [-0.25, -0.2) is 9.97 Å². The summed E-state index contributed by atoms with van der Waals surface area (Å²) in [6.45, 7) is 10.5. The summed E-state index contributed by atoms with van der Waals surface area (Å²) in [7, 11) is 0. The van der Waals surface area contributed by atoms with Gasteiger partial charge in [-0.05, 0) is 50.3 Å². The van der Waals surface area contributed by atoms with E-state index in [4.69, 9.17) is 0 Å². The maximum atomic E-state index is 12.8. The SMILES string of the molecule is CC[C@H](C)c1ccccc1NC(=O)[C@@H](C)Sc1ncnc2sc(C)c(C)c12. The van der Waals surface area contributed by atoms with Crippen LogP contribution in [0.1, 0.15) is 49.1 Å². The Labute approximate surface area is 168 Å². The van der Waals surface area contributed by atoms with Crippen LogP contribution in [-0.4, -0.2) is 21.1 Å². The van der Waals surface area contributed by atoms with E-state index in [1.807, 2.05) is 25.1 Å². The van der Waals surface area contributed by atoms with Crippen molar-refractivity contribution >= 4 is 44.9 Å². The topological polar surface area (TPSA) is 54.9 Å². The molecule has 2 atom stereocenters. The van der Waals surface area contributed by atoms with Crippen molar-refractivity contribution < 1.29 is 4.79 Å². The van der Waals surface area contributed by atoms with Gasteiger partial charge in [-0.3, -0.25) is 4.79 Å². The molecule has 0 unspecified atom stereocenters. The van der Waals surface area contributed by atoms with Gasteiger partial charge < -0.3 is 5.32 Å². The van der Waals surface area contributed by atoms with Crippen LogP contribution in [0, 0.1) is 13.8 Å². The minimum absolute atomic E-state index is 0.00730. The molecule has 3 aromatic rings. The zero-order valence-electron chi connectivity index (χ0n) is 16.4. The molecule has 27 heavy (non-hydrogen) atoms. The van der Waals surface area contributed by atoms with Gasteiger partial charge in [0.1, 0.15) is 16.2 Å². The van der Waals surface area contributed by atoms with Crippen LogP contribution in [-0.2, 0) is 4.79 Å². The monoisotopic (exact) mass is 399 g/mol. The Morgan fingerprint density at radius 2 is 1.96 bits per heavy atom. The van der Waals surface area contributed by atoms with Crippen molar-refractivity contribution in [2.24, 2.45) is 0 Å². The zero-order chi connectivity index (χ0) is 19.6. The highest BCUT2D eigenvalue weighted by Gasteiger charge is 2.20. The second-order valence-corrected chi connectivity index (χ2v) is 9.32. The predicted molar refractivity (Wildman–Crippen MR) is 116 cm³/mol. The molecule has 2 aromatic heterocycles. The van der Waals surface area contributed by atoms with Crippen molar-refractivity contribution in [2.45, 2.75) is 57.2 Å². The summed E-state index contributed by atoms with van der Waals surface area (Å²) in [6.07, 6.45) is 2.62. The molecule has 2 heterocycles. The number of thioether (sulfide) groups is 1. The van der Waals surface area contributed by atoms with Gasteiger partial charge in [0.05, 0.1) is 5.25 Å². The van der Waals surface area contributed by atoms with Crippen molar-refractivity contribution in [2.75, 3.05) is 5.32 Å². The van der Waals surface area contributed by atoms with E-state index in [0.717, 1.165) is 27.4 Å². The van der Waals surface area contributed by atoms with E-state index in [-0.39, 0.29) is 11.2 Å². The van der Waals surface area contributed by atoms with E-state index in [2.05, 4.69) is 49.0 Å². The van der Waals surface area contributed by atoms with Gasteiger partial charge >= 0.3 is 0 Å². The fourth-order valence-corrected chi connectivity index (χ4v) is 4.99. The first-order valence-electron chi connectivity index (χ1n) is 9.19. The van der Waals surface area contributed by atoms with Crippen molar-refractivity contribution in [3.63, 3.8) is 0 Å². The number of anilines is 1.